The molecule has 0 saturated carbocycles. The van der Waals surface area contributed by atoms with Crippen molar-refractivity contribution in [3.8, 4) is 0 Å². The van der Waals surface area contributed by atoms with Gasteiger partial charge in [-0.2, -0.15) is 0 Å². The van der Waals surface area contributed by atoms with Gasteiger partial charge in [-0.1, -0.05) is 11.6 Å². The van der Waals surface area contributed by atoms with Crippen molar-refractivity contribution >= 4 is 36.4 Å². The van der Waals surface area contributed by atoms with Crippen LogP contribution in [0.4, 0.5) is 0 Å². The predicted octanol–water partition coefficient (Wildman–Crippen LogP) is 2.05. The Morgan fingerprint density at radius 3 is 2.00 bits per heavy atom. The molecule has 13 heavy (non-hydrogen) atoms. The van der Waals surface area contributed by atoms with E-state index in [0.717, 1.165) is 0 Å². The Morgan fingerprint density at radius 1 is 1.15 bits per heavy atom. The highest BCUT2D eigenvalue weighted by atomic mass is 35.7. The highest BCUT2D eigenvalue weighted by molar-refractivity contribution is 8.25. The maximum atomic E-state index is 11.0. The second-order valence-electron chi connectivity index (χ2n) is 2.23. The van der Waals surface area contributed by atoms with Crippen LogP contribution in [0.25, 0.3) is 0 Å². The van der Waals surface area contributed by atoms with Crippen molar-refractivity contribution in [2.45, 2.75) is 0 Å². The Kier molecular flexibility index (Phi) is 2.95. The minimum absolute atomic E-state index is 0.000556. The molecule has 1 aromatic carbocycles. The van der Waals surface area contributed by atoms with Crippen LogP contribution in [0.2, 0.25) is 5.02 Å². The molecule has 6 heteroatoms. The smallest absolute Gasteiger partial charge is 0.275 e. The van der Waals surface area contributed by atoms with E-state index in [2.05, 4.69) is 0 Å². The summed E-state index contributed by atoms with van der Waals surface area (Å²) in [6.07, 6.45) is 0. The van der Waals surface area contributed by atoms with E-state index in [1.807, 2.05) is 0 Å². The number of hydrogen-bond acceptors (Lipinski definition) is 3. The number of benzene rings is 1. The van der Waals surface area contributed by atoms with Gasteiger partial charge in [0, 0.05) is 21.3 Å². The van der Waals surface area contributed by atoms with E-state index in [1.54, 1.807) is 0 Å². The summed E-state index contributed by atoms with van der Waals surface area (Å²) in [5.74, 6) is 0. The van der Waals surface area contributed by atoms with E-state index in [4.69, 9.17) is 22.3 Å². The Hall–Kier alpha value is -0.580. The van der Waals surface area contributed by atoms with Crippen molar-refractivity contribution in [3.05, 3.63) is 34.9 Å². The van der Waals surface area contributed by atoms with Gasteiger partial charge in [0.25, 0.3) is 14.2 Å². The minimum Gasteiger partial charge on any atom is -0.275 e. The van der Waals surface area contributed by atoms with E-state index in [1.165, 1.54) is 24.3 Å². The first-order valence-electron chi connectivity index (χ1n) is 3.16. The van der Waals surface area contributed by atoms with E-state index in [9.17, 15) is 13.2 Å². The molecule has 0 unspecified atom stereocenters. The van der Waals surface area contributed by atoms with E-state index >= 15 is 0 Å². The summed E-state index contributed by atoms with van der Waals surface area (Å²) in [6, 6.07) is 5.42. The van der Waals surface area contributed by atoms with Crippen LogP contribution in [0.3, 0.4) is 0 Å². The molecule has 0 heterocycles. The lowest BCUT2D eigenvalue weighted by molar-refractivity contribution is 0.107. The fourth-order valence-corrected chi connectivity index (χ4v) is 1.54. The van der Waals surface area contributed by atoms with Crippen LogP contribution >= 0.6 is 22.3 Å². The summed E-state index contributed by atoms with van der Waals surface area (Å²) >= 11 is 5.54. The lowest BCUT2D eigenvalue weighted by atomic mass is 10.2. The van der Waals surface area contributed by atoms with Crippen LogP contribution in [0.5, 0.6) is 0 Å². The molecule has 0 bridgehead atoms. The number of hydrogen-bond donors (Lipinski definition) is 0. The van der Waals surface area contributed by atoms with Crippen molar-refractivity contribution in [2.24, 2.45) is 0 Å². The van der Waals surface area contributed by atoms with Gasteiger partial charge in [-0.3, -0.25) is 4.79 Å². The molecular formula is C7H4Cl2O3S. The molecule has 0 saturated heterocycles. The third kappa shape index (κ3) is 2.69. The van der Waals surface area contributed by atoms with Crippen LogP contribution in [0.1, 0.15) is 10.4 Å². The zero-order valence-electron chi connectivity index (χ0n) is 6.20. The number of carbonyl (C=O) groups is 1. The van der Waals surface area contributed by atoms with Gasteiger partial charge in [-0.25, -0.2) is 8.42 Å². The monoisotopic (exact) mass is 238 g/mol. The largest absolute Gasteiger partial charge is 0.299 e. The molecular weight excluding hydrogens is 235 g/mol. The van der Waals surface area contributed by atoms with Gasteiger partial charge in [0.1, 0.15) is 0 Å². The van der Waals surface area contributed by atoms with E-state index in [0.29, 0.717) is 5.02 Å². The standard InChI is InChI=1S/C7H4Cl2O3S/c8-6-3-1-5(2-4-6)7(10)13(9,11)12/h1-4H. The Balaban J connectivity index is 3.12. The van der Waals surface area contributed by atoms with Crippen molar-refractivity contribution < 1.29 is 13.2 Å². The molecule has 70 valence electrons. The van der Waals surface area contributed by atoms with Crippen molar-refractivity contribution in [2.75, 3.05) is 0 Å². The molecule has 0 aliphatic heterocycles. The maximum Gasteiger partial charge on any atom is 0.299 e. The summed E-state index contributed by atoms with van der Waals surface area (Å²) < 4.78 is 21.2. The summed E-state index contributed by atoms with van der Waals surface area (Å²) in [5.41, 5.74) is -0.000556. The highest BCUT2D eigenvalue weighted by Crippen LogP contribution is 2.13. The zero-order chi connectivity index (χ0) is 10.1. The molecule has 0 aromatic heterocycles. The van der Waals surface area contributed by atoms with Crippen molar-refractivity contribution in [1.82, 2.24) is 0 Å². The Morgan fingerprint density at radius 2 is 1.62 bits per heavy atom. The molecule has 3 nitrogen and oxygen atoms in total. The molecule has 1 aromatic rings. The van der Waals surface area contributed by atoms with Gasteiger partial charge in [0.15, 0.2) is 0 Å². The number of halogens is 2. The maximum absolute atomic E-state index is 11.0. The summed E-state index contributed by atoms with van der Waals surface area (Å²) in [6.45, 7) is 0. The molecule has 0 fully saturated rings. The van der Waals surface area contributed by atoms with Crippen molar-refractivity contribution in [3.63, 3.8) is 0 Å². The molecule has 0 N–H and O–H groups in total. The van der Waals surface area contributed by atoms with E-state index < -0.39 is 14.2 Å². The van der Waals surface area contributed by atoms with Crippen molar-refractivity contribution in [1.29, 1.82) is 0 Å². The SMILES string of the molecule is O=C(c1ccc(Cl)cc1)S(=O)(=O)Cl. The van der Waals surface area contributed by atoms with Gasteiger partial charge in [-0.05, 0) is 24.3 Å². The van der Waals surface area contributed by atoms with Crippen LogP contribution in [-0.2, 0) is 9.05 Å². The van der Waals surface area contributed by atoms with Gasteiger partial charge in [0.05, 0.1) is 0 Å². The van der Waals surface area contributed by atoms with Crippen LogP contribution in [-0.4, -0.2) is 13.5 Å². The summed E-state index contributed by atoms with van der Waals surface area (Å²) in [7, 11) is 0.669. The quantitative estimate of drug-likeness (QED) is 0.704. The molecule has 0 aliphatic carbocycles. The Bertz CT molecular complexity index is 422. The normalized spacial score (nSPS) is 11.2. The fraction of sp³-hybridized carbons (Fsp3) is 0. The van der Waals surface area contributed by atoms with Crippen LogP contribution in [0.15, 0.2) is 24.3 Å². The average Bonchev–Trinajstić information content (AvgIpc) is 2.03. The predicted molar refractivity (Wildman–Crippen MR) is 50.6 cm³/mol. The first kappa shape index (κ1) is 10.5. The molecule has 0 spiro atoms. The third-order valence-electron chi connectivity index (χ3n) is 1.30. The molecule has 0 radical (unpaired) electrons. The lowest BCUT2D eigenvalue weighted by Gasteiger charge is -1.95. The van der Waals surface area contributed by atoms with E-state index in [-0.39, 0.29) is 5.56 Å². The minimum atomic E-state index is -4.18. The first-order chi connectivity index (χ1) is 5.91. The van der Waals surface area contributed by atoms with Gasteiger partial charge < -0.3 is 0 Å². The van der Waals surface area contributed by atoms with Crippen LogP contribution in [0, 0.1) is 0 Å². The van der Waals surface area contributed by atoms with Gasteiger partial charge in [-0.15, -0.1) is 0 Å². The lowest BCUT2D eigenvalue weighted by Crippen LogP contribution is -2.07. The Labute approximate surface area is 84.7 Å². The van der Waals surface area contributed by atoms with Gasteiger partial charge in [0.2, 0.25) is 0 Å². The second-order valence-corrected chi connectivity index (χ2v) is 5.13. The number of carbonyl (C=O) groups excluding carboxylic acids is 1. The topological polar surface area (TPSA) is 51.2 Å². The fourth-order valence-electron chi connectivity index (χ4n) is 0.727. The molecule has 0 amide bonds. The summed E-state index contributed by atoms with van der Waals surface area (Å²) in [5, 5.41) is -0.700. The molecule has 0 atom stereocenters. The zero-order valence-corrected chi connectivity index (χ0v) is 8.53. The highest BCUT2D eigenvalue weighted by Gasteiger charge is 2.20. The first-order valence-corrected chi connectivity index (χ1v) is 5.84. The molecule has 1 rings (SSSR count). The second kappa shape index (κ2) is 3.65. The average molecular weight is 239 g/mol. The molecule has 0 aliphatic rings. The van der Waals surface area contributed by atoms with Crippen LogP contribution < -0.4 is 0 Å². The number of rotatable bonds is 1. The third-order valence-corrected chi connectivity index (χ3v) is 2.65. The summed E-state index contributed by atoms with van der Waals surface area (Å²) in [4.78, 5) is 11.0. The van der Waals surface area contributed by atoms with Gasteiger partial charge >= 0.3 is 0 Å².